The Morgan fingerprint density at radius 2 is 1.65 bits per heavy atom. The molecule has 124 valence electrons. The number of carbonyl (C=O) groups is 2. The number of ketones is 1. The first-order chi connectivity index (χ1) is 10.8. The molecule has 2 fully saturated rings. The van der Waals surface area contributed by atoms with Crippen molar-refractivity contribution >= 4 is 11.8 Å². The number of hydrogen-bond acceptors (Lipinski definition) is 4. The molecule has 0 unspecified atom stereocenters. The van der Waals surface area contributed by atoms with Gasteiger partial charge < -0.3 is 9.47 Å². The van der Waals surface area contributed by atoms with E-state index in [1.165, 1.54) is 0 Å². The number of cyclic esters (lactones) is 1. The highest BCUT2D eigenvalue weighted by atomic mass is 16.8. The molecule has 1 aromatic carbocycles. The van der Waals surface area contributed by atoms with E-state index in [1.54, 1.807) is 0 Å². The van der Waals surface area contributed by atoms with Crippen molar-refractivity contribution in [2.45, 2.75) is 58.3 Å². The Labute approximate surface area is 137 Å². The highest BCUT2D eigenvalue weighted by molar-refractivity contribution is 5.85. The summed E-state index contributed by atoms with van der Waals surface area (Å²) >= 11 is 0. The Morgan fingerprint density at radius 1 is 1.04 bits per heavy atom. The highest BCUT2D eigenvalue weighted by Gasteiger charge is 2.59. The fourth-order valence-corrected chi connectivity index (χ4v) is 3.50. The van der Waals surface area contributed by atoms with Gasteiger partial charge in [0.05, 0.1) is 0 Å². The van der Waals surface area contributed by atoms with E-state index in [-0.39, 0.29) is 23.1 Å². The van der Waals surface area contributed by atoms with Gasteiger partial charge in [0, 0.05) is 24.2 Å². The largest absolute Gasteiger partial charge is 0.433 e. The SMILES string of the molecule is CC(C)(C)[C@H]1OC(=O)[C@](c2ccccc2)(C2CCC(=O)CC2)O1. The van der Waals surface area contributed by atoms with Gasteiger partial charge in [0.1, 0.15) is 5.78 Å². The monoisotopic (exact) mass is 316 g/mol. The van der Waals surface area contributed by atoms with E-state index in [1.807, 2.05) is 51.1 Å². The molecule has 1 aromatic rings. The van der Waals surface area contributed by atoms with Gasteiger partial charge in [0.2, 0.25) is 6.29 Å². The van der Waals surface area contributed by atoms with Crippen molar-refractivity contribution in [2.75, 3.05) is 0 Å². The summed E-state index contributed by atoms with van der Waals surface area (Å²) in [7, 11) is 0. The third kappa shape index (κ3) is 2.80. The number of carbonyl (C=O) groups excluding carboxylic acids is 2. The average molecular weight is 316 g/mol. The second-order valence-electron chi connectivity index (χ2n) is 7.64. The van der Waals surface area contributed by atoms with Crippen LogP contribution < -0.4 is 0 Å². The van der Waals surface area contributed by atoms with E-state index in [4.69, 9.17) is 9.47 Å². The van der Waals surface area contributed by atoms with E-state index in [0.29, 0.717) is 25.7 Å². The maximum Gasteiger partial charge on any atom is 0.345 e. The number of rotatable bonds is 2. The lowest BCUT2D eigenvalue weighted by Gasteiger charge is -2.36. The van der Waals surface area contributed by atoms with Gasteiger partial charge in [-0.25, -0.2) is 4.79 Å². The van der Waals surface area contributed by atoms with Gasteiger partial charge in [-0.1, -0.05) is 51.1 Å². The lowest BCUT2D eigenvalue weighted by atomic mass is 9.73. The van der Waals surface area contributed by atoms with Crippen LogP contribution in [0.25, 0.3) is 0 Å². The molecule has 0 amide bonds. The van der Waals surface area contributed by atoms with Crippen molar-refractivity contribution in [1.29, 1.82) is 0 Å². The molecule has 2 aliphatic rings. The van der Waals surface area contributed by atoms with E-state index in [2.05, 4.69) is 0 Å². The van der Waals surface area contributed by atoms with Crippen LogP contribution in [0, 0.1) is 11.3 Å². The molecule has 1 saturated heterocycles. The van der Waals surface area contributed by atoms with Crippen LogP contribution in [0.3, 0.4) is 0 Å². The fourth-order valence-electron chi connectivity index (χ4n) is 3.50. The minimum atomic E-state index is -1.08. The minimum absolute atomic E-state index is 0.0255. The predicted molar refractivity (Wildman–Crippen MR) is 85.5 cm³/mol. The Kier molecular flexibility index (Phi) is 4.05. The lowest BCUT2D eigenvalue weighted by Crippen LogP contribution is -2.44. The molecule has 4 nitrogen and oxygen atoms in total. The van der Waals surface area contributed by atoms with Crippen LogP contribution in [-0.4, -0.2) is 18.0 Å². The molecule has 0 N–H and O–H groups in total. The fraction of sp³-hybridized carbons (Fsp3) is 0.579. The van der Waals surface area contributed by atoms with Crippen molar-refractivity contribution in [2.24, 2.45) is 11.3 Å². The molecule has 4 heteroatoms. The van der Waals surface area contributed by atoms with Crippen LogP contribution in [0.4, 0.5) is 0 Å². The molecule has 1 saturated carbocycles. The standard InChI is InChI=1S/C19H24O4/c1-18(2,3)17-22-16(21)19(23-17,13-7-5-4-6-8-13)14-9-11-15(20)12-10-14/h4-8,14,17H,9-12H2,1-3H3/t17-,19-/m0/s1. The van der Waals surface area contributed by atoms with Crippen molar-refractivity contribution in [3.05, 3.63) is 35.9 Å². The zero-order valence-corrected chi connectivity index (χ0v) is 14.0. The Bertz CT molecular complexity index is 592. The lowest BCUT2D eigenvalue weighted by molar-refractivity contribution is -0.165. The van der Waals surface area contributed by atoms with Crippen molar-refractivity contribution in [3.63, 3.8) is 0 Å². The number of esters is 1. The number of Topliss-reactive ketones (excluding diaryl/α,β-unsaturated/α-hetero) is 1. The van der Waals surface area contributed by atoms with Crippen LogP contribution in [0.2, 0.25) is 0 Å². The third-order valence-corrected chi connectivity index (χ3v) is 4.84. The quantitative estimate of drug-likeness (QED) is 0.783. The molecule has 0 aromatic heterocycles. The summed E-state index contributed by atoms with van der Waals surface area (Å²) in [6.07, 6.45) is 1.78. The summed E-state index contributed by atoms with van der Waals surface area (Å²) in [5.74, 6) is -0.0754. The molecule has 1 aliphatic heterocycles. The summed E-state index contributed by atoms with van der Waals surface area (Å²) in [6, 6.07) is 9.58. The molecular weight excluding hydrogens is 292 g/mol. The molecule has 0 spiro atoms. The van der Waals surface area contributed by atoms with Crippen LogP contribution >= 0.6 is 0 Å². The van der Waals surface area contributed by atoms with Gasteiger partial charge in [-0.15, -0.1) is 0 Å². The van der Waals surface area contributed by atoms with Crippen LogP contribution in [-0.2, 0) is 24.7 Å². The maximum atomic E-state index is 12.9. The molecule has 23 heavy (non-hydrogen) atoms. The topological polar surface area (TPSA) is 52.6 Å². The molecule has 0 radical (unpaired) electrons. The summed E-state index contributed by atoms with van der Waals surface area (Å²) in [5.41, 5.74) is -0.549. The summed E-state index contributed by atoms with van der Waals surface area (Å²) in [6.45, 7) is 5.99. The molecule has 3 rings (SSSR count). The van der Waals surface area contributed by atoms with Crippen LogP contribution in [0.15, 0.2) is 30.3 Å². The van der Waals surface area contributed by atoms with Crippen molar-refractivity contribution in [3.8, 4) is 0 Å². The Balaban J connectivity index is 2.01. The van der Waals surface area contributed by atoms with Gasteiger partial charge in [0.15, 0.2) is 5.60 Å². The van der Waals surface area contributed by atoms with Crippen LogP contribution in [0.1, 0.15) is 52.0 Å². The molecule has 1 heterocycles. The second-order valence-corrected chi connectivity index (χ2v) is 7.64. The van der Waals surface area contributed by atoms with Crippen LogP contribution in [0.5, 0.6) is 0 Å². The van der Waals surface area contributed by atoms with Gasteiger partial charge in [-0.3, -0.25) is 4.79 Å². The summed E-state index contributed by atoms with van der Waals surface area (Å²) in [5, 5.41) is 0. The summed E-state index contributed by atoms with van der Waals surface area (Å²) < 4.78 is 11.9. The smallest absolute Gasteiger partial charge is 0.345 e. The van der Waals surface area contributed by atoms with Gasteiger partial charge >= 0.3 is 5.97 Å². The number of benzene rings is 1. The Morgan fingerprint density at radius 3 is 2.17 bits per heavy atom. The number of ether oxygens (including phenoxy) is 2. The van der Waals surface area contributed by atoms with Crippen molar-refractivity contribution in [1.82, 2.24) is 0 Å². The van der Waals surface area contributed by atoms with Gasteiger partial charge in [-0.05, 0) is 18.4 Å². The minimum Gasteiger partial charge on any atom is -0.433 e. The zero-order chi connectivity index (χ0) is 16.7. The molecule has 2 atom stereocenters. The van der Waals surface area contributed by atoms with Gasteiger partial charge in [0.25, 0.3) is 0 Å². The zero-order valence-electron chi connectivity index (χ0n) is 14.0. The first kappa shape index (κ1) is 16.2. The summed E-state index contributed by atoms with van der Waals surface area (Å²) in [4.78, 5) is 24.5. The van der Waals surface area contributed by atoms with E-state index < -0.39 is 11.9 Å². The predicted octanol–water partition coefficient (Wildman–Crippen LogP) is 3.59. The first-order valence-electron chi connectivity index (χ1n) is 8.30. The molecule has 0 bridgehead atoms. The third-order valence-electron chi connectivity index (χ3n) is 4.84. The molecule has 1 aliphatic carbocycles. The molecular formula is C19H24O4. The number of hydrogen-bond donors (Lipinski definition) is 0. The van der Waals surface area contributed by atoms with E-state index >= 15 is 0 Å². The average Bonchev–Trinajstić information content (AvgIpc) is 2.88. The normalized spacial score (nSPS) is 29.6. The van der Waals surface area contributed by atoms with E-state index in [9.17, 15) is 9.59 Å². The van der Waals surface area contributed by atoms with Crippen molar-refractivity contribution < 1.29 is 19.1 Å². The Hall–Kier alpha value is -1.68. The first-order valence-corrected chi connectivity index (χ1v) is 8.30. The second kappa shape index (κ2) is 5.75. The van der Waals surface area contributed by atoms with E-state index in [0.717, 1.165) is 5.56 Å². The van der Waals surface area contributed by atoms with Gasteiger partial charge in [-0.2, -0.15) is 0 Å². The highest BCUT2D eigenvalue weighted by Crippen LogP contribution is 2.49. The maximum absolute atomic E-state index is 12.9.